The molecule has 2 atom stereocenters. The van der Waals surface area contributed by atoms with E-state index in [0.29, 0.717) is 26.1 Å². The maximum atomic E-state index is 12.7. The highest BCUT2D eigenvalue weighted by Gasteiger charge is 2.34. The third-order valence-electron chi connectivity index (χ3n) is 4.69. The summed E-state index contributed by atoms with van der Waals surface area (Å²) in [4.78, 5) is 38.2. The van der Waals surface area contributed by atoms with E-state index in [4.69, 9.17) is 9.47 Å². The number of nitrogens with zero attached hydrogens (tertiary/aromatic N) is 1. The van der Waals surface area contributed by atoms with Crippen LogP contribution in [0.2, 0.25) is 0 Å². The zero-order chi connectivity index (χ0) is 21.2. The number of amides is 2. The molecule has 1 fully saturated rings. The summed E-state index contributed by atoms with van der Waals surface area (Å²) in [6, 6.07) is 6.54. The fraction of sp³-hybridized carbons (Fsp3) is 0.571. The molecule has 2 unspecified atom stereocenters. The van der Waals surface area contributed by atoms with Crippen LogP contribution in [-0.4, -0.2) is 61.1 Å². The molecule has 2 amide bonds. The first kappa shape index (κ1) is 22.5. The highest BCUT2D eigenvalue weighted by Crippen LogP contribution is 2.18. The van der Waals surface area contributed by atoms with Crippen molar-refractivity contribution >= 4 is 23.5 Å². The number of carbonyl (C=O) groups is 3. The summed E-state index contributed by atoms with van der Waals surface area (Å²) >= 11 is 0. The molecule has 0 aliphatic carbocycles. The first-order chi connectivity index (χ1) is 13.9. The van der Waals surface area contributed by atoms with E-state index in [1.54, 1.807) is 0 Å². The second kappa shape index (κ2) is 11.3. The quantitative estimate of drug-likeness (QED) is 0.578. The largest absolute Gasteiger partial charge is 0.491 e. The summed E-state index contributed by atoms with van der Waals surface area (Å²) in [7, 11) is 0. The molecule has 8 nitrogen and oxygen atoms in total. The molecule has 8 heteroatoms. The third kappa shape index (κ3) is 6.96. The van der Waals surface area contributed by atoms with E-state index < -0.39 is 12.0 Å². The number of anilines is 1. The number of benzene rings is 1. The number of hydrogen-bond donors (Lipinski definition) is 2. The van der Waals surface area contributed by atoms with E-state index in [0.717, 1.165) is 17.9 Å². The van der Waals surface area contributed by atoms with Gasteiger partial charge in [-0.1, -0.05) is 13.8 Å². The van der Waals surface area contributed by atoms with E-state index in [1.165, 1.54) is 4.90 Å². The summed E-state index contributed by atoms with van der Waals surface area (Å²) in [6.07, 6.45) is 1.63. The monoisotopic (exact) mass is 405 g/mol. The summed E-state index contributed by atoms with van der Waals surface area (Å²) in [5, 5.41) is 5.77. The number of rotatable bonds is 10. The standard InChI is InChI=1S/C21H31N3O5/c1-4-12-28-20(26)13-18-21(27)22-10-11-24(18)19(25)14-23-16-6-8-17(9-7-16)29-15(3)5-2/h6-9,15,18,23H,4-5,10-14H2,1-3H3,(H,22,27). The van der Waals surface area contributed by atoms with Crippen molar-refractivity contribution in [1.29, 1.82) is 0 Å². The Morgan fingerprint density at radius 1 is 1.28 bits per heavy atom. The van der Waals surface area contributed by atoms with Gasteiger partial charge < -0.3 is 25.0 Å². The molecule has 1 aliphatic heterocycles. The number of hydrogen-bond acceptors (Lipinski definition) is 6. The van der Waals surface area contributed by atoms with Crippen molar-refractivity contribution in [3.05, 3.63) is 24.3 Å². The molecule has 0 spiro atoms. The van der Waals surface area contributed by atoms with Crippen LogP contribution in [0.1, 0.15) is 40.0 Å². The third-order valence-corrected chi connectivity index (χ3v) is 4.69. The minimum Gasteiger partial charge on any atom is -0.491 e. The van der Waals surface area contributed by atoms with Gasteiger partial charge in [0.25, 0.3) is 0 Å². The van der Waals surface area contributed by atoms with Crippen molar-refractivity contribution in [2.75, 3.05) is 31.6 Å². The zero-order valence-corrected chi connectivity index (χ0v) is 17.4. The predicted octanol–water partition coefficient (Wildman–Crippen LogP) is 1.95. The van der Waals surface area contributed by atoms with Crippen molar-refractivity contribution in [2.24, 2.45) is 0 Å². The van der Waals surface area contributed by atoms with Crippen molar-refractivity contribution in [3.8, 4) is 5.75 Å². The van der Waals surface area contributed by atoms with Crippen LogP contribution >= 0.6 is 0 Å². The molecule has 0 aromatic heterocycles. The van der Waals surface area contributed by atoms with Crippen molar-refractivity contribution in [2.45, 2.75) is 52.2 Å². The van der Waals surface area contributed by atoms with Gasteiger partial charge in [-0.2, -0.15) is 0 Å². The van der Waals surface area contributed by atoms with E-state index >= 15 is 0 Å². The summed E-state index contributed by atoms with van der Waals surface area (Å²) < 4.78 is 10.8. The van der Waals surface area contributed by atoms with Gasteiger partial charge in [0.05, 0.1) is 25.7 Å². The van der Waals surface area contributed by atoms with Crippen LogP contribution in [0, 0.1) is 0 Å². The molecular formula is C21H31N3O5. The number of nitrogens with one attached hydrogen (secondary N) is 2. The van der Waals surface area contributed by atoms with Gasteiger partial charge in [0, 0.05) is 18.8 Å². The molecule has 2 rings (SSSR count). The lowest BCUT2D eigenvalue weighted by molar-refractivity contribution is -0.151. The number of ether oxygens (including phenoxy) is 2. The average molecular weight is 405 g/mol. The molecule has 1 aromatic carbocycles. The Morgan fingerprint density at radius 2 is 2.00 bits per heavy atom. The molecule has 1 aliphatic rings. The van der Waals surface area contributed by atoms with Crippen LogP contribution in [0.3, 0.4) is 0 Å². The van der Waals surface area contributed by atoms with E-state index in [9.17, 15) is 14.4 Å². The van der Waals surface area contributed by atoms with Gasteiger partial charge in [-0.15, -0.1) is 0 Å². The Kier molecular flexibility index (Phi) is 8.76. The molecule has 0 saturated carbocycles. The highest BCUT2D eigenvalue weighted by atomic mass is 16.5. The molecular weight excluding hydrogens is 374 g/mol. The van der Waals surface area contributed by atoms with Gasteiger partial charge in [0.2, 0.25) is 11.8 Å². The summed E-state index contributed by atoms with van der Waals surface area (Å²) in [5.74, 6) is -0.274. The summed E-state index contributed by atoms with van der Waals surface area (Å²) in [5.41, 5.74) is 0.773. The van der Waals surface area contributed by atoms with Crippen LogP contribution in [0.15, 0.2) is 24.3 Å². The van der Waals surface area contributed by atoms with Crippen molar-refractivity contribution in [1.82, 2.24) is 10.2 Å². The number of carbonyl (C=O) groups excluding carboxylic acids is 3. The molecule has 0 bridgehead atoms. The molecule has 1 heterocycles. The Hall–Kier alpha value is -2.77. The Labute approximate surface area is 171 Å². The lowest BCUT2D eigenvalue weighted by atomic mass is 10.1. The van der Waals surface area contributed by atoms with Crippen LogP contribution in [0.5, 0.6) is 5.75 Å². The molecule has 160 valence electrons. The molecule has 1 saturated heterocycles. The molecule has 2 N–H and O–H groups in total. The topological polar surface area (TPSA) is 97.0 Å². The molecule has 0 radical (unpaired) electrons. The van der Waals surface area contributed by atoms with Gasteiger partial charge in [0.1, 0.15) is 11.8 Å². The maximum Gasteiger partial charge on any atom is 0.308 e. The van der Waals surface area contributed by atoms with Crippen molar-refractivity contribution < 1.29 is 23.9 Å². The van der Waals surface area contributed by atoms with Gasteiger partial charge >= 0.3 is 5.97 Å². The maximum absolute atomic E-state index is 12.7. The van der Waals surface area contributed by atoms with E-state index in [2.05, 4.69) is 17.6 Å². The minimum absolute atomic E-state index is 0.0271. The zero-order valence-electron chi connectivity index (χ0n) is 17.4. The second-order valence-electron chi connectivity index (χ2n) is 7.03. The van der Waals surface area contributed by atoms with Crippen LogP contribution in [0.4, 0.5) is 5.69 Å². The van der Waals surface area contributed by atoms with Gasteiger partial charge in [-0.05, 0) is 44.0 Å². The number of esters is 1. The second-order valence-corrected chi connectivity index (χ2v) is 7.03. The van der Waals surface area contributed by atoms with Gasteiger partial charge in [0.15, 0.2) is 0 Å². The van der Waals surface area contributed by atoms with Gasteiger partial charge in [-0.3, -0.25) is 14.4 Å². The van der Waals surface area contributed by atoms with Crippen molar-refractivity contribution in [3.63, 3.8) is 0 Å². The number of piperazine rings is 1. The Bertz CT molecular complexity index is 692. The van der Waals surface area contributed by atoms with Crippen LogP contribution < -0.4 is 15.4 Å². The predicted molar refractivity (Wildman–Crippen MR) is 110 cm³/mol. The van der Waals surface area contributed by atoms with E-state index in [1.807, 2.05) is 38.1 Å². The molecule has 1 aromatic rings. The van der Waals surface area contributed by atoms with Crippen LogP contribution in [-0.2, 0) is 19.1 Å². The molecule has 29 heavy (non-hydrogen) atoms. The van der Waals surface area contributed by atoms with Gasteiger partial charge in [-0.25, -0.2) is 0 Å². The SMILES string of the molecule is CCCOC(=O)CC1C(=O)NCCN1C(=O)CNc1ccc(OC(C)CC)cc1. The Balaban J connectivity index is 1.91. The summed E-state index contributed by atoms with van der Waals surface area (Å²) in [6.45, 7) is 7.02. The first-order valence-electron chi connectivity index (χ1n) is 10.2. The lowest BCUT2D eigenvalue weighted by Gasteiger charge is -2.34. The normalized spacial score (nSPS) is 17.3. The fourth-order valence-corrected chi connectivity index (χ4v) is 2.90. The average Bonchev–Trinajstić information content (AvgIpc) is 2.72. The van der Waals surface area contributed by atoms with E-state index in [-0.39, 0.29) is 30.9 Å². The highest BCUT2D eigenvalue weighted by molar-refractivity contribution is 5.93. The first-order valence-corrected chi connectivity index (χ1v) is 10.2. The Morgan fingerprint density at radius 3 is 2.66 bits per heavy atom. The van der Waals surface area contributed by atoms with Crippen LogP contribution in [0.25, 0.3) is 0 Å². The fourth-order valence-electron chi connectivity index (χ4n) is 2.90. The smallest absolute Gasteiger partial charge is 0.308 e. The lowest BCUT2D eigenvalue weighted by Crippen LogP contribution is -2.58. The minimum atomic E-state index is -0.839.